The van der Waals surface area contributed by atoms with E-state index in [0.29, 0.717) is 17.5 Å². The van der Waals surface area contributed by atoms with E-state index >= 15 is 0 Å². The summed E-state index contributed by atoms with van der Waals surface area (Å²) in [5, 5.41) is 17.8. The van der Waals surface area contributed by atoms with E-state index in [4.69, 9.17) is 9.15 Å². The highest BCUT2D eigenvalue weighted by Gasteiger charge is 2.20. The van der Waals surface area contributed by atoms with Gasteiger partial charge in [0.1, 0.15) is 0 Å². The molecule has 1 aromatic carbocycles. The predicted octanol–water partition coefficient (Wildman–Crippen LogP) is 2.48. The molecule has 2 aromatic heterocycles. The summed E-state index contributed by atoms with van der Waals surface area (Å²) in [7, 11) is 0. The van der Waals surface area contributed by atoms with Crippen molar-refractivity contribution >= 4 is 17.7 Å². The second kappa shape index (κ2) is 7.88. The molecular weight excluding hydrogens is 352 g/mol. The minimum atomic E-state index is 0.534. The van der Waals surface area contributed by atoms with Gasteiger partial charge >= 0.3 is 0 Å². The zero-order valence-electron chi connectivity index (χ0n) is 14.5. The summed E-state index contributed by atoms with van der Waals surface area (Å²) in [6, 6.07) is 9.76. The van der Waals surface area contributed by atoms with Crippen molar-refractivity contribution < 1.29 is 9.15 Å². The van der Waals surface area contributed by atoms with Gasteiger partial charge in [-0.3, -0.25) is 4.57 Å². The van der Waals surface area contributed by atoms with E-state index in [1.54, 1.807) is 11.8 Å². The zero-order chi connectivity index (χ0) is 17.8. The van der Waals surface area contributed by atoms with Crippen molar-refractivity contribution in [1.29, 1.82) is 0 Å². The molecule has 0 saturated carbocycles. The Kier molecular flexibility index (Phi) is 5.16. The Balaban J connectivity index is 1.45. The lowest BCUT2D eigenvalue weighted by Gasteiger charge is -2.27. The molecule has 0 aliphatic carbocycles. The molecule has 0 radical (unpaired) electrons. The number of benzene rings is 1. The third kappa shape index (κ3) is 3.58. The van der Waals surface area contributed by atoms with Gasteiger partial charge in [-0.1, -0.05) is 30.0 Å². The highest BCUT2D eigenvalue weighted by Crippen LogP contribution is 2.26. The molecule has 3 aromatic rings. The lowest BCUT2D eigenvalue weighted by Crippen LogP contribution is -2.38. The monoisotopic (exact) mass is 372 g/mol. The van der Waals surface area contributed by atoms with Crippen LogP contribution < -0.4 is 4.90 Å². The Hall–Kier alpha value is -2.39. The number of anilines is 1. The van der Waals surface area contributed by atoms with E-state index in [1.807, 2.05) is 30.3 Å². The maximum Gasteiger partial charge on any atom is 0.247 e. The first-order valence-corrected chi connectivity index (χ1v) is 9.60. The number of aromatic nitrogens is 5. The van der Waals surface area contributed by atoms with Crippen LogP contribution in [-0.2, 0) is 17.0 Å². The fourth-order valence-corrected chi connectivity index (χ4v) is 3.63. The molecule has 136 valence electrons. The van der Waals surface area contributed by atoms with Crippen molar-refractivity contribution in [2.45, 2.75) is 24.4 Å². The molecule has 1 aliphatic heterocycles. The lowest BCUT2D eigenvalue weighted by atomic mass is 10.2. The Morgan fingerprint density at radius 1 is 1.04 bits per heavy atom. The average Bonchev–Trinajstić information content (AvgIpc) is 3.34. The van der Waals surface area contributed by atoms with Gasteiger partial charge in [0.25, 0.3) is 0 Å². The van der Waals surface area contributed by atoms with E-state index in [9.17, 15) is 0 Å². The van der Waals surface area contributed by atoms with Crippen LogP contribution >= 0.6 is 11.8 Å². The molecule has 0 amide bonds. The van der Waals surface area contributed by atoms with Crippen LogP contribution in [-0.4, -0.2) is 51.3 Å². The van der Waals surface area contributed by atoms with Gasteiger partial charge in [-0.05, 0) is 19.1 Å². The molecule has 1 fully saturated rings. The third-order valence-corrected chi connectivity index (χ3v) is 5.07. The molecular formula is C17H20N6O2S. The Morgan fingerprint density at radius 2 is 1.85 bits per heavy atom. The minimum absolute atomic E-state index is 0.534. The van der Waals surface area contributed by atoms with Gasteiger partial charge in [0.05, 0.1) is 19.0 Å². The molecule has 0 N–H and O–H groups in total. The smallest absolute Gasteiger partial charge is 0.247 e. The topological polar surface area (TPSA) is 82.1 Å². The van der Waals surface area contributed by atoms with E-state index < -0.39 is 0 Å². The van der Waals surface area contributed by atoms with Gasteiger partial charge in [-0.2, -0.15) is 0 Å². The predicted molar refractivity (Wildman–Crippen MR) is 98.0 cm³/mol. The molecule has 0 bridgehead atoms. The van der Waals surface area contributed by atoms with Crippen molar-refractivity contribution in [2.24, 2.45) is 0 Å². The van der Waals surface area contributed by atoms with Crippen LogP contribution in [0, 0.1) is 0 Å². The second-order valence-electron chi connectivity index (χ2n) is 5.78. The maximum atomic E-state index is 5.76. The number of rotatable bonds is 6. The quantitative estimate of drug-likeness (QED) is 0.611. The van der Waals surface area contributed by atoms with Crippen molar-refractivity contribution in [3.8, 4) is 11.5 Å². The maximum absolute atomic E-state index is 5.76. The number of morpholine rings is 1. The molecule has 1 saturated heterocycles. The normalized spacial score (nSPS) is 14.7. The van der Waals surface area contributed by atoms with Gasteiger partial charge in [0, 0.05) is 25.2 Å². The lowest BCUT2D eigenvalue weighted by molar-refractivity contribution is 0.121. The summed E-state index contributed by atoms with van der Waals surface area (Å²) in [4.78, 5) is 2.21. The Morgan fingerprint density at radius 3 is 2.62 bits per heavy atom. The first kappa shape index (κ1) is 17.0. The summed E-state index contributed by atoms with van der Waals surface area (Å²) < 4.78 is 13.3. The molecule has 8 nitrogen and oxygen atoms in total. The molecule has 0 unspecified atom stereocenters. The largest absolute Gasteiger partial charge is 0.420 e. The molecule has 9 heteroatoms. The zero-order valence-corrected chi connectivity index (χ0v) is 15.4. The van der Waals surface area contributed by atoms with Crippen LogP contribution in [0.5, 0.6) is 0 Å². The van der Waals surface area contributed by atoms with Gasteiger partial charge in [-0.15, -0.1) is 20.4 Å². The standard InChI is InChI=1S/C17H20N6O2S/c1-2-23-16(22-8-10-24-11-9-22)20-21-17(23)26-12-14-18-19-15(25-14)13-6-4-3-5-7-13/h3-7H,2,8-12H2,1H3. The molecule has 4 rings (SSSR count). The first-order chi connectivity index (χ1) is 12.8. The van der Waals surface area contributed by atoms with Crippen molar-refractivity contribution in [2.75, 3.05) is 31.2 Å². The average molecular weight is 372 g/mol. The van der Waals surface area contributed by atoms with E-state index in [0.717, 1.165) is 49.5 Å². The van der Waals surface area contributed by atoms with E-state index in [2.05, 4.69) is 36.8 Å². The summed E-state index contributed by atoms with van der Waals surface area (Å²) >= 11 is 1.55. The summed E-state index contributed by atoms with van der Waals surface area (Å²) in [5.74, 6) is 2.56. The molecule has 1 aliphatic rings. The highest BCUT2D eigenvalue weighted by molar-refractivity contribution is 7.98. The Bertz CT molecular complexity index is 844. The minimum Gasteiger partial charge on any atom is -0.420 e. The van der Waals surface area contributed by atoms with Crippen LogP contribution in [0.25, 0.3) is 11.5 Å². The fraction of sp³-hybridized carbons (Fsp3) is 0.412. The van der Waals surface area contributed by atoms with Crippen LogP contribution in [0.3, 0.4) is 0 Å². The first-order valence-electron chi connectivity index (χ1n) is 8.61. The van der Waals surface area contributed by atoms with Gasteiger partial charge in [0.15, 0.2) is 5.16 Å². The number of thioether (sulfide) groups is 1. The SMILES string of the molecule is CCn1c(SCc2nnc(-c3ccccc3)o2)nnc1N1CCOCC1. The molecule has 0 atom stereocenters. The Labute approximate surface area is 155 Å². The third-order valence-electron chi connectivity index (χ3n) is 4.12. The number of hydrogen-bond acceptors (Lipinski definition) is 8. The highest BCUT2D eigenvalue weighted by atomic mass is 32.2. The second-order valence-corrected chi connectivity index (χ2v) is 6.72. The van der Waals surface area contributed by atoms with Gasteiger partial charge in [-0.25, -0.2) is 0 Å². The van der Waals surface area contributed by atoms with Crippen LogP contribution in [0.1, 0.15) is 12.8 Å². The molecule has 26 heavy (non-hydrogen) atoms. The van der Waals surface area contributed by atoms with Crippen molar-refractivity contribution in [3.63, 3.8) is 0 Å². The molecule has 0 spiro atoms. The van der Waals surface area contributed by atoms with E-state index in [-0.39, 0.29) is 0 Å². The summed E-state index contributed by atoms with van der Waals surface area (Å²) in [5.41, 5.74) is 0.919. The summed E-state index contributed by atoms with van der Waals surface area (Å²) in [6.07, 6.45) is 0. The molecule has 3 heterocycles. The van der Waals surface area contributed by atoms with Crippen LogP contribution in [0.2, 0.25) is 0 Å². The van der Waals surface area contributed by atoms with Crippen LogP contribution in [0.15, 0.2) is 39.9 Å². The number of ether oxygens (including phenoxy) is 1. The van der Waals surface area contributed by atoms with Gasteiger partial charge in [0.2, 0.25) is 17.7 Å². The number of nitrogens with zero attached hydrogens (tertiary/aromatic N) is 6. The summed E-state index contributed by atoms with van der Waals surface area (Å²) in [6.45, 7) is 6.03. The van der Waals surface area contributed by atoms with Crippen molar-refractivity contribution in [3.05, 3.63) is 36.2 Å². The van der Waals surface area contributed by atoms with Gasteiger partial charge < -0.3 is 14.1 Å². The number of hydrogen-bond donors (Lipinski definition) is 0. The van der Waals surface area contributed by atoms with Crippen LogP contribution in [0.4, 0.5) is 5.95 Å². The fourth-order valence-electron chi connectivity index (χ4n) is 2.80. The van der Waals surface area contributed by atoms with E-state index in [1.165, 1.54) is 0 Å². The van der Waals surface area contributed by atoms with Crippen molar-refractivity contribution in [1.82, 2.24) is 25.0 Å².